The van der Waals surface area contributed by atoms with Gasteiger partial charge in [-0.05, 0) is 35.6 Å². The molecule has 6 heteroatoms. The van der Waals surface area contributed by atoms with Gasteiger partial charge in [0.15, 0.2) is 0 Å². The SMILES string of the molecule is O=C(CCc1nnc(Cc2c[nH]c3ccccc23)o1)NC1Cc2ccccc2C1. The molecule has 0 saturated carbocycles. The highest BCUT2D eigenvalue weighted by Crippen LogP contribution is 2.22. The van der Waals surface area contributed by atoms with Crippen LogP contribution in [-0.2, 0) is 30.5 Å². The number of hydrogen-bond acceptors (Lipinski definition) is 4. The maximum atomic E-state index is 12.3. The van der Waals surface area contributed by atoms with Gasteiger partial charge in [-0.3, -0.25) is 4.79 Å². The largest absolute Gasteiger partial charge is 0.425 e. The molecule has 1 amide bonds. The predicted molar refractivity (Wildman–Crippen MR) is 110 cm³/mol. The van der Waals surface area contributed by atoms with Crippen molar-refractivity contribution in [2.45, 2.75) is 38.1 Å². The summed E-state index contributed by atoms with van der Waals surface area (Å²) in [6.07, 6.45) is 5.15. The van der Waals surface area contributed by atoms with E-state index in [0.717, 1.165) is 29.3 Å². The van der Waals surface area contributed by atoms with Crippen LogP contribution in [0.3, 0.4) is 0 Å². The highest BCUT2D eigenvalue weighted by Gasteiger charge is 2.22. The highest BCUT2D eigenvalue weighted by molar-refractivity contribution is 5.83. The number of aromatic amines is 1. The molecule has 0 spiro atoms. The first-order valence-corrected chi connectivity index (χ1v) is 9.97. The van der Waals surface area contributed by atoms with Gasteiger partial charge in [-0.15, -0.1) is 10.2 Å². The van der Waals surface area contributed by atoms with Gasteiger partial charge in [-0.2, -0.15) is 0 Å². The topological polar surface area (TPSA) is 83.8 Å². The van der Waals surface area contributed by atoms with Crippen molar-refractivity contribution in [3.05, 3.63) is 83.2 Å². The van der Waals surface area contributed by atoms with Crippen LogP contribution in [0.1, 0.15) is 34.9 Å². The number of para-hydroxylation sites is 1. The van der Waals surface area contributed by atoms with Gasteiger partial charge in [-0.1, -0.05) is 42.5 Å². The molecule has 0 unspecified atom stereocenters. The van der Waals surface area contributed by atoms with Crippen LogP contribution in [0.2, 0.25) is 0 Å². The average molecular weight is 386 g/mol. The van der Waals surface area contributed by atoms with E-state index in [4.69, 9.17) is 4.42 Å². The van der Waals surface area contributed by atoms with E-state index >= 15 is 0 Å². The first-order chi connectivity index (χ1) is 14.2. The van der Waals surface area contributed by atoms with Gasteiger partial charge in [0.25, 0.3) is 0 Å². The van der Waals surface area contributed by atoms with Gasteiger partial charge in [0, 0.05) is 36.0 Å². The molecule has 1 aliphatic rings. The lowest BCUT2D eigenvalue weighted by Crippen LogP contribution is -2.35. The lowest BCUT2D eigenvalue weighted by atomic mass is 10.1. The van der Waals surface area contributed by atoms with Crippen molar-refractivity contribution in [3.8, 4) is 0 Å². The number of nitrogens with zero attached hydrogens (tertiary/aromatic N) is 2. The van der Waals surface area contributed by atoms with E-state index in [0.29, 0.717) is 31.0 Å². The van der Waals surface area contributed by atoms with Crippen molar-refractivity contribution in [1.29, 1.82) is 0 Å². The molecule has 0 saturated heterocycles. The zero-order valence-electron chi connectivity index (χ0n) is 16.0. The molecule has 29 heavy (non-hydrogen) atoms. The van der Waals surface area contributed by atoms with Crippen molar-refractivity contribution in [2.75, 3.05) is 0 Å². The maximum absolute atomic E-state index is 12.3. The molecule has 1 aliphatic carbocycles. The molecule has 0 atom stereocenters. The summed E-state index contributed by atoms with van der Waals surface area (Å²) in [6.45, 7) is 0. The lowest BCUT2D eigenvalue weighted by Gasteiger charge is -2.11. The van der Waals surface area contributed by atoms with Crippen LogP contribution in [0, 0.1) is 0 Å². The Hall–Kier alpha value is -3.41. The Bertz CT molecular complexity index is 1140. The summed E-state index contributed by atoms with van der Waals surface area (Å²) in [5, 5.41) is 12.5. The smallest absolute Gasteiger partial charge is 0.221 e. The molecule has 146 valence electrons. The van der Waals surface area contributed by atoms with E-state index in [9.17, 15) is 4.79 Å². The molecule has 0 fully saturated rings. The number of nitrogens with one attached hydrogen (secondary N) is 2. The molecular formula is C23H22N4O2. The molecule has 6 nitrogen and oxygen atoms in total. The second-order valence-corrected chi connectivity index (χ2v) is 7.57. The molecule has 2 N–H and O–H groups in total. The maximum Gasteiger partial charge on any atom is 0.221 e. The first kappa shape index (κ1) is 17.7. The fraction of sp³-hybridized carbons (Fsp3) is 0.261. The fourth-order valence-electron chi connectivity index (χ4n) is 4.08. The van der Waals surface area contributed by atoms with Gasteiger partial charge >= 0.3 is 0 Å². The number of rotatable bonds is 6. The Kier molecular flexibility index (Phi) is 4.60. The minimum Gasteiger partial charge on any atom is -0.425 e. The van der Waals surface area contributed by atoms with Crippen molar-refractivity contribution in [3.63, 3.8) is 0 Å². The minimum absolute atomic E-state index is 0.0270. The highest BCUT2D eigenvalue weighted by atomic mass is 16.4. The Morgan fingerprint density at radius 3 is 2.59 bits per heavy atom. The van der Waals surface area contributed by atoms with Crippen molar-refractivity contribution in [1.82, 2.24) is 20.5 Å². The summed E-state index contributed by atoms with van der Waals surface area (Å²) in [6, 6.07) is 16.7. The second kappa shape index (κ2) is 7.54. The predicted octanol–water partition coefficient (Wildman–Crippen LogP) is 3.36. The monoisotopic (exact) mass is 386 g/mol. The van der Waals surface area contributed by atoms with Crippen LogP contribution in [0.4, 0.5) is 0 Å². The molecular weight excluding hydrogens is 364 g/mol. The molecule has 4 aromatic rings. The normalized spacial score (nSPS) is 13.7. The Morgan fingerprint density at radius 1 is 1.03 bits per heavy atom. The molecule has 0 aliphatic heterocycles. The van der Waals surface area contributed by atoms with Crippen molar-refractivity contribution in [2.24, 2.45) is 0 Å². The summed E-state index contributed by atoms with van der Waals surface area (Å²) >= 11 is 0. The van der Waals surface area contributed by atoms with E-state index in [-0.39, 0.29) is 11.9 Å². The number of H-pyrrole nitrogens is 1. The molecule has 5 rings (SSSR count). The first-order valence-electron chi connectivity index (χ1n) is 9.97. The summed E-state index contributed by atoms with van der Waals surface area (Å²) in [7, 11) is 0. The Labute approximate surface area is 168 Å². The second-order valence-electron chi connectivity index (χ2n) is 7.57. The zero-order valence-corrected chi connectivity index (χ0v) is 16.0. The van der Waals surface area contributed by atoms with Crippen molar-refractivity contribution < 1.29 is 9.21 Å². The van der Waals surface area contributed by atoms with Gasteiger partial charge in [-0.25, -0.2) is 0 Å². The van der Waals surface area contributed by atoms with Crippen LogP contribution in [-0.4, -0.2) is 27.1 Å². The fourth-order valence-corrected chi connectivity index (χ4v) is 4.08. The number of carbonyl (C=O) groups excluding carboxylic acids is 1. The standard InChI is InChI=1S/C23H22N4O2/c28-21(25-18-11-15-5-1-2-6-16(15)12-18)9-10-22-26-27-23(29-22)13-17-14-24-20-8-4-3-7-19(17)20/h1-8,14,18,24H,9-13H2,(H,25,28). The van der Waals surface area contributed by atoms with Crippen LogP contribution in [0.25, 0.3) is 10.9 Å². The third-order valence-electron chi connectivity index (χ3n) is 5.51. The third-order valence-corrected chi connectivity index (χ3v) is 5.51. The van der Waals surface area contributed by atoms with E-state index in [1.165, 1.54) is 11.1 Å². The quantitative estimate of drug-likeness (QED) is 0.532. The van der Waals surface area contributed by atoms with E-state index < -0.39 is 0 Å². The molecule has 2 heterocycles. The number of aryl methyl sites for hydroxylation is 1. The number of benzene rings is 2. The van der Waals surface area contributed by atoms with Crippen LogP contribution in [0.15, 0.2) is 59.1 Å². The van der Waals surface area contributed by atoms with E-state index in [2.05, 4.69) is 38.7 Å². The van der Waals surface area contributed by atoms with Gasteiger partial charge < -0.3 is 14.7 Å². The molecule has 2 aromatic carbocycles. The number of carbonyl (C=O) groups is 1. The number of amides is 1. The Balaban J connectivity index is 1.14. The van der Waals surface area contributed by atoms with E-state index in [1.54, 1.807) is 0 Å². The van der Waals surface area contributed by atoms with Crippen molar-refractivity contribution >= 4 is 16.8 Å². The van der Waals surface area contributed by atoms with E-state index in [1.807, 2.05) is 36.5 Å². The average Bonchev–Trinajstić information content (AvgIpc) is 3.45. The molecule has 0 bridgehead atoms. The number of aromatic nitrogens is 3. The Morgan fingerprint density at radius 2 is 1.76 bits per heavy atom. The zero-order chi connectivity index (χ0) is 19.6. The summed E-state index contributed by atoms with van der Waals surface area (Å²) in [4.78, 5) is 15.6. The lowest BCUT2D eigenvalue weighted by molar-refractivity contribution is -0.121. The molecule has 2 aromatic heterocycles. The van der Waals surface area contributed by atoms with Gasteiger partial charge in [0.1, 0.15) is 0 Å². The summed E-state index contributed by atoms with van der Waals surface area (Å²) in [5.74, 6) is 1.10. The van der Waals surface area contributed by atoms with Crippen LogP contribution >= 0.6 is 0 Å². The molecule has 0 radical (unpaired) electrons. The summed E-state index contributed by atoms with van der Waals surface area (Å²) in [5.41, 5.74) is 4.87. The minimum atomic E-state index is 0.0270. The van der Waals surface area contributed by atoms with Gasteiger partial charge in [0.2, 0.25) is 17.7 Å². The number of fused-ring (bicyclic) bond motifs is 2. The van der Waals surface area contributed by atoms with Gasteiger partial charge in [0.05, 0.1) is 6.42 Å². The third kappa shape index (κ3) is 3.78. The summed E-state index contributed by atoms with van der Waals surface area (Å²) < 4.78 is 5.76. The number of hydrogen-bond donors (Lipinski definition) is 2. The van der Waals surface area contributed by atoms with Crippen LogP contribution in [0.5, 0.6) is 0 Å². The van der Waals surface area contributed by atoms with Crippen LogP contribution < -0.4 is 5.32 Å².